The van der Waals surface area contributed by atoms with Crippen LogP contribution in [0.25, 0.3) is 0 Å². The molecule has 8 heteroatoms. The minimum Gasteiger partial charge on any atom is -0.337 e. The summed E-state index contributed by atoms with van der Waals surface area (Å²) in [4.78, 5) is 43.1. The molecule has 0 aliphatic carbocycles. The predicted molar refractivity (Wildman–Crippen MR) is 86.0 cm³/mol. The van der Waals surface area contributed by atoms with E-state index in [2.05, 4.69) is 10.1 Å². The number of aromatic nitrogens is 2. The number of carbonyl (C=O) groups excluding carboxylic acids is 3. The molecule has 1 aliphatic rings. The standard InChI is InChI=1S/C17H18N4O4/c1-10(2)14-18-13(25-19-14)9-20-15(22)16(23)21(17(20)24)11(3)12-7-5-4-6-8-12/h4-8,10-11H,9H2,1-3H3/t11-/m0/s1. The van der Waals surface area contributed by atoms with Crippen molar-refractivity contribution >= 4 is 17.8 Å². The fourth-order valence-electron chi connectivity index (χ4n) is 2.59. The van der Waals surface area contributed by atoms with Crippen LogP contribution in [0.15, 0.2) is 34.9 Å². The number of carbonyl (C=O) groups is 3. The van der Waals surface area contributed by atoms with Crippen molar-refractivity contribution in [2.24, 2.45) is 0 Å². The van der Waals surface area contributed by atoms with E-state index >= 15 is 0 Å². The summed E-state index contributed by atoms with van der Waals surface area (Å²) in [5.41, 5.74) is 0.763. The van der Waals surface area contributed by atoms with Crippen molar-refractivity contribution in [3.05, 3.63) is 47.6 Å². The van der Waals surface area contributed by atoms with Gasteiger partial charge in [0.05, 0.1) is 6.04 Å². The van der Waals surface area contributed by atoms with Crippen molar-refractivity contribution < 1.29 is 18.9 Å². The van der Waals surface area contributed by atoms with E-state index in [4.69, 9.17) is 4.52 Å². The number of rotatable bonds is 5. The Bertz CT molecular complexity index is 815. The first-order valence-corrected chi connectivity index (χ1v) is 7.96. The maximum atomic E-state index is 12.6. The summed E-state index contributed by atoms with van der Waals surface area (Å²) in [6.07, 6.45) is 0. The molecule has 25 heavy (non-hydrogen) atoms. The van der Waals surface area contributed by atoms with E-state index in [1.165, 1.54) is 0 Å². The number of imide groups is 2. The summed E-state index contributed by atoms with van der Waals surface area (Å²) in [5, 5.41) is 3.79. The molecule has 130 valence electrons. The third-order valence-electron chi connectivity index (χ3n) is 4.05. The van der Waals surface area contributed by atoms with Gasteiger partial charge in [-0.25, -0.2) is 14.6 Å². The van der Waals surface area contributed by atoms with Gasteiger partial charge in [-0.05, 0) is 12.5 Å². The van der Waals surface area contributed by atoms with Crippen LogP contribution < -0.4 is 0 Å². The summed E-state index contributed by atoms with van der Waals surface area (Å²) in [6.45, 7) is 5.27. The highest BCUT2D eigenvalue weighted by molar-refractivity contribution is 6.44. The first kappa shape index (κ1) is 16.8. The van der Waals surface area contributed by atoms with Crippen LogP contribution in [-0.4, -0.2) is 37.8 Å². The van der Waals surface area contributed by atoms with Gasteiger partial charge in [0, 0.05) is 5.92 Å². The molecule has 1 aliphatic heterocycles. The van der Waals surface area contributed by atoms with Gasteiger partial charge in [0.1, 0.15) is 6.54 Å². The van der Waals surface area contributed by atoms with Gasteiger partial charge in [0.2, 0.25) is 5.89 Å². The fraction of sp³-hybridized carbons (Fsp3) is 0.353. The Hall–Kier alpha value is -3.03. The van der Waals surface area contributed by atoms with Gasteiger partial charge >= 0.3 is 17.8 Å². The fourth-order valence-corrected chi connectivity index (χ4v) is 2.59. The quantitative estimate of drug-likeness (QED) is 0.611. The van der Waals surface area contributed by atoms with E-state index in [9.17, 15) is 14.4 Å². The highest BCUT2D eigenvalue weighted by Crippen LogP contribution is 2.27. The minimum atomic E-state index is -0.892. The maximum Gasteiger partial charge on any atom is 0.335 e. The van der Waals surface area contributed by atoms with Crippen LogP contribution >= 0.6 is 0 Å². The molecule has 0 bridgehead atoms. The molecular weight excluding hydrogens is 324 g/mol. The molecule has 3 rings (SSSR count). The van der Waals surface area contributed by atoms with Crippen molar-refractivity contribution in [3.63, 3.8) is 0 Å². The van der Waals surface area contributed by atoms with Crippen molar-refractivity contribution in [2.45, 2.75) is 39.3 Å². The van der Waals surface area contributed by atoms with Gasteiger partial charge in [-0.1, -0.05) is 49.3 Å². The van der Waals surface area contributed by atoms with Gasteiger partial charge in [-0.3, -0.25) is 9.59 Å². The Morgan fingerprint density at radius 1 is 1.04 bits per heavy atom. The molecule has 8 nitrogen and oxygen atoms in total. The maximum absolute atomic E-state index is 12.6. The van der Waals surface area contributed by atoms with E-state index in [0.29, 0.717) is 5.82 Å². The first-order chi connectivity index (χ1) is 11.9. The zero-order valence-corrected chi connectivity index (χ0v) is 14.2. The second-order valence-corrected chi connectivity index (χ2v) is 6.14. The monoisotopic (exact) mass is 342 g/mol. The largest absolute Gasteiger partial charge is 0.337 e. The lowest BCUT2D eigenvalue weighted by molar-refractivity contribution is -0.144. The number of hydrogen-bond donors (Lipinski definition) is 0. The summed E-state index contributed by atoms with van der Waals surface area (Å²) in [5.74, 6) is -1.09. The third-order valence-corrected chi connectivity index (χ3v) is 4.05. The number of benzene rings is 1. The number of hydrogen-bond acceptors (Lipinski definition) is 6. The van der Waals surface area contributed by atoms with Crippen molar-refractivity contribution in [1.82, 2.24) is 19.9 Å². The zero-order chi connectivity index (χ0) is 18.1. The molecule has 1 fully saturated rings. The smallest absolute Gasteiger partial charge is 0.335 e. The Balaban J connectivity index is 1.81. The average Bonchev–Trinajstić information content (AvgIpc) is 3.15. The van der Waals surface area contributed by atoms with Gasteiger partial charge in [0.15, 0.2) is 5.82 Å². The van der Waals surface area contributed by atoms with E-state index < -0.39 is 23.9 Å². The van der Waals surface area contributed by atoms with Crippen LogP contribution in [0.5, 0.6) is 0 Å². The van der Waals surface area contributed by atoms with Crippen LogP contribution in [0.4, 0.5) is 4.79 Å². The Morgan fingerprint density at radius 3 is 2.32 bits per heavy atom. The molecule has 1 saturated heterocycles. The van der Waals surface area contributed by atoms with Gasteiger partial charge < -0.3 is 4.52 Å². The summed E-state index contributed by atoms with van der Waals surface area (Å²) >= 11 is 0. The van der Waals surface area contributed by atoms with Crippen molar-refractivity contribution in [1.29, 1.82) is 0 Å². The molecule has 0 spiro atoms. The van der Waals surface area contributed by atoms with Crippen molar-refractivity contribution in [2.75, 3.05) is 0 Å². The molecule has 0 N–H and O–H groups in total. The molecule has 0 unspecified atom stereocenters. The lowest BCUT2D eigenvalue weighted by atomic mass is 10.1. The lowest BCUT2D eigenvalue weighted by Gasteiger charge is -2.21. The van der Waals surface area contributed by atoms with E-state index in [0.717, 1.165) is 15.4 Å². The molecule has 0 saturated carbocycles. The molecule has 2 aromatic rings. The minimum absolute atomic E-state index is 0.0544. The van der Waals surface area contributed by atoms with Crippen LogP contribution in [0.2, 0.25) is 0 Å². The SMILES string of the molecule is CC(C)c1noc(CN2C(=O)C(=O)N([C@@H](C)c3ccccc3)C2=O)n1. The third kappa shape index (κ3) is 3.02. The topological polar surface area (TPSA) is 96.6 Å². The van der Waals surface area contributed by atoms with E-state index in [-0.39, 0.29) is 18.4 Å². The molecule has 1 aromatic carbocycles. The van der Waals surface area contributed by atoms with Gasteiger partial charge in [-0.2, -0.15) is 4.98 Å². The van der Waals surface area contributed by atoms with Crippen LogP contribution in [-0.2, 0) is 16.1 Å². The molecule has 2 heterocycles. The van der Waals surface area contributed by atoms with Crippen LogP contribution in [0, 0.1) is 0 Å². The molecule has 4 amide bonds. The number of nitrogens with zero attached hydrogens (tertiary/aromatic N) is 4. The van der Waals surface area contributed by atoms with E-state index in [1.54, 1.807) is 19.1 Å². The highest BCUT2D eigenvalue weighted by atomic mass is 16.5. The van der Waals surface area contributed by atoms with E-state index in [1.807, 2.05) is 32.0 Å². The number of urea groups is 1. The Morgan fingerprint density at radius 2 is 1.72 bits per heavy atom. The van der Waals surface area contributed by atoms with Gasteiger partial charge in [-0.15, -0.1) is 0 Å². The predicted octanol–water partition coefficient (Wildman–Crippen LogP) is 2.25. The van der Waals surface area contributed by atoms with Crippen LogP contribution in [0.1, 0.15) is 50.0 Å². The second kappa shape index (κ2) is 6.46. The zero-order valence-electron chi connectivity index (χ0n) is 14.2. The second-order valence-electron chi connectivity index (χ2n) is 6.14. The summed E-state index contributed by atoms with van der Waals surface area (Å²) in [6, 6.07) is 7.81. The molecule has 1 atom stereocenters. The van der Waals surface area contributed by atoms with Crippen molar-refractivity contribution in [3.8, 4) is 0 Å². The molecule has 0 radical (unpaired) electrons. The molecule has 1 aromatic heterocycles. The Labute approximate surface area is 144 Å². The first-order valence-electron chi connectivity index (χ1n) is 7.96. The number of amides is 4. The van der Waals surface area contributed by atoms with Crippen LogP contribution in [0.3, 0.4) is 0 Å². The average molecular weight is 342 g/mol. The highest BCUT2D eigenvalue weighted by Gasteiger charge is 2.47. The molecular formula is C17H18N4O4. The summed E-state index contributed by atoms with van der Waals surface area (Å²) in [7, 11) is 0. The summed E-state index contributed by atoms with van der Waals surface area (Å²) < 4.78 is 5.06. The Kier molecular flexibility index (Phi) is 4.35. The van der Waals surface area contributed by atoms with Gasteiger partial charge in [0.25, 0.3) is 0 Å². The lowest BCUT2D eigenvalue weighted by Crippen LogP contribution is -2.35. The normalized spacial score (nSPS) is 16.2.